The largest absolute Gasteiger partial charge is 0.293 e. The number of hydrogen-bond acceptors (Lipinski definition) is 3. The predicted molar refractivity (Wildman–Crippen MR) is 75.0 cm³/mol. The maximum atomic E-state index is 2.59. The van der Waals surface area contributed by atoms with Gasteiger partial charge in [-0.15, -0.1) is 11.8 Å². The lowest BCUT2D eigenvalue weighted by molar-refractivity contribution is 0.344. The van der Waals surface area contributed by atoms with Crippen molar-refractivity contribution in [1.82, 2.24) is 4.90 Å². The van der Waals surface area contributed by atoms with Crippen LogP contribution in [0, 0.1) is 0 Å². The molecule has 1 aliphatic rings. The van der Waals surface area contributed by atoms with Crippen LogP contribution in [0.3, 0.4) is 0 Å². The minimum absolute atomic E-state index is 1.28. The van der Waals surface area contributed by atoms with E-state index < -0.39 is 0 Å². The summed E-state index contributed by atoms with van der Waals surface area (Å²) in [5.74, 6) is 5.37. The van der Waals surface area contributed by atoms with E-state index in [0.717, 1.165) is 0 Å². The molecule has 0 amide bonds. The molecule has 1 fully saturated rings. The summed E-state index contributed by atoms with van der Waals surface area (Å²) in [6.45, 7) is 4.94. The Kier molecular flexibility index (Phi) is 9.02. The van der Waals surface area contributed by atoms with E-state index in [1.54, 1.807) is 0 Å². The Labute approximate surface area is 104 Å². The second-order valence-corrected chi connectivity index (χ2v) is 6.48. The average molecular weight is 247 g/mol. The lowest BCUT2D eigenvalue weighted by Gasteiger charge is -2.12. The highest BCUT2D eigenvalue weighted by Crippen LogP contribution is 2.14. The van der Waals surface area contributed by atoms with Gasteiger partial charge in [-0.25, -0.2) is 0 Å². The van der Waals surface area contributed by atoms with Crippen LogP contribution in [0.15, 0.2) is 0 Å². The fourth-order valence-corrected chi connectivity index (χ4v) is 3.70. The fraction of sp³-hybridized carbons (Fsp3) is 1.00. The zero-order valence-corrected chi connectivity index (χ0v) is 11.7. The molecule has 1 rings (SSSR count). The molecule has 3 heteroatoms. The summed E-state index contributed by atoms with van der Waals surface area (Å²) in [4.78, 5) is 2.59. The predicted octanol–water partition coefficient (Wildman–Crippen LogP) is 3.70. The van der Waals surface area contributed by atoms with Crippen LogP contribution in [0.2, 0.25) is 0 Å². The summed E-state index contributed by atoms with van der Waals surface area (Å²) in [6, 6.07) is 0. The maximum Gasteiger partial charge on any atom is 0.0445 e. The van der Waals surface area contributed by atoms with Gasteiger partial charge in [0.05, 0.1) is 0 Å². The molecule has 15 heavy (non-hydrogen) atoms. The Morgan fingerprint density at radius 2 is 2.00 bits per heavy atom. The van der Waals surface area contributed by atoms with Crippen molar-refractivity contribution in [3.63, 3.8) is 0 Å². The van der Waals surface area contributed by atoms with Gasteiger partial charge < -0.3 is 0 Å². The summed E-state index contributed by atoms with van der Waals surface area (Å²) in [7, 11) is 0. The number of rotatable bonds is 9. The van der Waals surface area contributed by atoms with E-state index >= 15 is 0 Å². The van der Waals surface area contributed by atoms with Crippen LogP contribution in [0.5, 0.6) is 0 Å². The normalized spacial score (nSPS) is 17.4. The zero-order valence-electron chi connectivity index (χ0n) is 10.0. The molecule has 90 valence electrons. The molecule has 0 unspecified atom stereocenters. The van der Waals surface area contributed by atoms with Gasteiger partial charge in [0.1, 0.15) is 0 Å². The van der Waals surface area contributed by atoms with Gasteiger partial charge >= 0.3 is 0 Å². The molecule has 1 saturated heterocycles. The van der Waals surface area contributed by atoms with E-state index in [4.69, 9.17) is 0 Å². The molecule has 0 bridgehead atoms. The van der Waals surface area contributed by atoms with E-state index in [1.165, 1.54) is 68.3 Å². The van der Waals surface area contributed by atoms with Crippen molar-refractivity contribution >= 4 is 23.5 Å². The zero-order chi connectivity index (χ0) is 10.8. The molecular weight excluding hydrogens is 222 g/mol. The second kappa shape index (κ2) is 9.86. The number of hydrogen-bond donors (Lipinski definition) is 0. The molecule has 1 heterocycles. The molecule has 1 aliphatic heterocycles. The smallest absolute Gasteiger partial charge is 0.0445 e. The molecule has 0 saturated carbocycles. The highest BCUT2D eigenvalue weighted by Gasteiger charge is 2.10. The molecule has 0 atom stereocenters. The van der Waals surface area contributed by atoms with Crippen LogP contribution in [0.1, 0.15) is 39.0 Å². The van der Waals surface area contributed by atoms with Crippen molar-refractivity contribution in [2.75, 3.05) is 36.2 Å². The molecule has 0 aromatic rings. The summed E-state index contributed by atoms with van der Waals surface area (Å²) in [5, 5.41) is 0. The number of unbranched alkanes of at least 4 members (excludes halogenated alkanes) is 3. The monoisotopic (exact) mass is 247 g/mol. The average Bonchev–Trinajstić information content (AvgIpc) is 2.75. The van der Waals surface area contributed by atoms with Crippen molar-refractivity contribution in [3.05, 3.63) is 0 Å². The van der Waals surface area contributed by atoms with Crippen LogP contribution in [-0.4, -0.2) is 41.1 Å². The van der Waals surface area contributed by atoms with Crippen molar-refractivity contribution < 1.29 is 0 Å². The fourth-order valence-electron chi connectivity index (χ4n) is 1.77. The van der Waals surface area contributed by atoms with Crippen molar-refractivity contribution in [1.29, 1.82) is 0 Å². The summed E-state index contributed by atoms with van der Waals surface area (Å²) < 4.78 is 0. The minimum atomic E-state index is 1.28. The molecule has 0 spiro atoms. The van der Waals surface area contributed by atoms with Crippen molar-refractivity contribution in [2.45, 2.75) is 39.0 Å². The summed E-state index contributed by atoms with van der Waals surface area (Å²) in [6.07, 6.45) is 7.06. The first-order chi connectivity index (χ1) is 7.43. The van der Waals surface area contributed by atoms with Gasteiger partial charge in [0.2, 0.25) is 0 Å². The van der Waals surface area contributed by atoms with E-state index in [-0.39, 0.29) is 0 Å². The molecule has 0 N–H and O–H groups in total. The summed E-state index contributed by atoms with van der Waals surface area (Å²) >= 11 is 4.20. The molecule has 0 aromatic heterocycles. The lowest BCUT2D eigenvalue weighted by atomic mass is 10.2. The molecule has 0 aromatic carbocycles. The van der Waals surface area contributed by atoms with Gasteiger partial charge in [-0.1, -0.05) is 19.8 Å². The summed E-state index contributed by atoms with van der Waals surface area (Å²) in [5.41, 5.74) is 0. The lowest BCUT2D eigenvalue weighted by Crippen LogP contribution is -2.20. The van der Waals surface area contributed by atoms with Crippen LogP contribution in [0.25, 0.3) is 0 Å². The Bertz CT molecular complexity index is 136. The van der Waals surface area contributed by atoms with E-state index in [2.05, 4.69) is 35.3 Å². The van der Waals surface area contributed by atoms with Gasteiger partial charge in [0.15, 0.2) is 0 Å². The van der Waals surface area contributed by atoms with Gasteiger partial charge in [0.25, 0.3) is 0 Å². The molecule has 0 aliphatic carbocycles. The first-order valence-corrected chi connectivity index (χ1v) is 8.62. The van der Waals surface area contributed by atoms with Crippen LogP contribution < -0.4 is 0 Å². The third-order valence-electron chi connectivity index (χ3n) is 2.69. The number of nitrogens with zero attached hydrogens (tertiary/aromatic N) is 1. The topological polar surface area (TPSA) is 3.24 Å². The van der Waals surface area contributed by atoms with Gasteiger partial charge in [-0.05, 0) is 37.3 Å². The Morgan fingerprint density at radius 1 is 1.13 bits per heavy atom. The van der Waals surface area contributed by atoms with Gasteiger partial charge in [0, 0.05) is 18.2 Å². The maximum absolute atomic E-state index is 2.59. The third kappa shape index (κ3) is 7.53. The third-order valence-corrected chi connectivity index (χ3v) is 4.98. The van der Waals surface area contributed by atoms with E-state index in [0.29, 0.717) is 0 Å². The Hall–Kier alpha value is 0.660. The van der Waals surface area contributed by atoms with Gasteiger partial charge in [-0.2, -0.15) is 11.8 Å². The first-order valence-electron chi connectivity index (χ1n) is 6.31. The highest BCUT2D eigenvalue weighted by molar-refractivity contribution is 7.99. The quantitative estimate of drug-likeness (QED) is 0.572. The van der Waals surface area contributed by atoms with Crippen LogP contribution in [0.4, 0.5) is 0 Å². The Morgan fingerprint density at radius 3 is 2.73 bits per heavy atom. The number of thioether (sulfide) groups is 2. The first kappa shape index (κ1) is 13.7. The van der Waals surface area contributed by atoms with Crippen molar-refractivity contribution in [2.24, 2.45) is 0 Å². The molecular formula is C12H25NS2. The van der Waals surface area contributed by atoms with Crippen molar-refractivity contribution in [3.8, 4) is 0 Å². The SMILES string of the molecule is CCCSCCCCCCN1CCSC1. The van der Waals surface area contributed by atoms with Crippen LogP contribution in [-0.2, 0) is 0 Å². The standard InChI is InChI=1S/C12H25NS2/c1-2-9-14-10-6-4-3-5-7-13-8-11-15-12-13/h2-12H2,1H3. The molecule has 0 radical (unpaired) electrons. The minimum Gasteiger partial charge on any atom is -0.293 e. The second-order valence-electron chi connectivity index (χ2n) is 4.18. The van der Waals surface area contributed by atoms with E-state index in [1.807, 2.05) is 0 Å². The van der Waals surface area contributed by atoms with E-state index in [9.17, 15) is 0 Å². The molecule has 1 nitrogen and oxygen atoms in total. The Balaban J connectivity index is 1.73. The van der Waals surface area contributed by atoms with Crippen LogP contribution >= 0.6 is 23.5 Å². The highest BCUT2D eigenvalue weighted by atomic mass is 32.2. The van der Waals surface area contributed by atoms with Gasteiger partial charge in [-0.3, -0.25) is 4.90 Å².